The van der Waals surface area contributed by atoms with Crippen molar-refractivity contribution in [3.8, 4) is 0 Å². The van der Waals surface area contributed by atoms with E-state index in [0.29, 0.717) is 23.0 Å². The summed E-state index contributed by atoms with van der Waals surface area (Å²) >= 11 is 5.74. The molecular weight excluding hydrogens is 309 g/mol. The number of imidazole rings is 1. The maximum Gasteiger partial charge on any atom is 0.268 e. The second kappa shape index (κ2) is 5.27. The summed E-state index contributed by atoms with van der Waals surface area (Å²) in [5, 5.41) is 3.03. The summed E-state index contributed by atoms with van der Waals surface area (Å²) in [6.45, 7) is 1.77. The Balaban J connectivity index is 2.00. The van der Waals surface area contributed by atoms with E-state index >= 15 is 0 Å². The second-order valence-electron chi connectivity index (χ2n) is 4.66. The molecule has 0 unspecified atom stereocenters. The predicted octanol–water partition coefficient (Wildman–Crippen LogP) is 2.67. The van der Waals surface area contributed by atoms with Gasteiger partial charge in [0, 0.05) is 18.0 Å². The Morgan fingerprint density at radius 2 is 2.14 bits per heavy atom. The highest BCUT2D eigenvalue weighted by atomic mass is 35.5. The Kier molecular flexibility index (Phi) is 3.42. The van der Waals surface area contributed by atoms with E-state index < -0.39 is 11.7 Å². The topological polar surface area (TPSA) is 85.3 Å². The number of nitrogens with one attached hydrogen (secondary N) is 1. The Bertz CT molecular complexity index is 892. The van der Waals surface area contributed by atoms with Crippen molar-refractivity contribution in [1.29, 1.82) is 0 Å². The molecule has 0 aliphatic heterocycles. The van der Waals surface area contributed by atoms with Crippen LogP contribution in [0.3, 0.4) is 0 Å². The quantitative estimate of drug-likeness (QED) is 0.777. The van der Waals surface area contributed by atoms with E-state index in [1.54, 1.807) is 23.5 Å². The zero-order valence-corrected chi connectivity index (χ0v) is 12.2. The van der Waals surface area contributed by atoms with Crippen LogP contribution in [-0.4, -0.2) is 20.3 Å². The summed E-state index contributed by atoms with van der Waals surface area (Å²) in [6, 6.07) is 5.91. The van der Waals surface area contributed by atoms with E-state index in [9.17, 15) is 9.18 Å². The minimum atomic E-state index is -0.608. The molecular formula is C14H11ClFN5O. The molecule has 1 aromatic carbocycles. The third-order valence-electron chi connectivity index (χ3n) is 3.07. The summed E-state index contributed by atoms with van der Waals surface area (Å²) in [6.07, 6.45) is 1.53. The molecule has 0 aliphatic rings. The first-order valence-corrected chi connectivity index (χ1v) is 6.70. The van der Waals surface area contributed by atoms with Gasteiger partial charge in [0.15, 0.2) is 0 Å². The smallest absolute Gasteiger partial charge is 0.268 e. The lowest BCUT2D eigenvalue weighted by Gasteiger charge is -2.08. The number of amides is 1. The number of hydrogen-bond acceptors (Lipinski definition) is 4. The molecule has 8 heteroatoms. The van der Waals surface area contributed by atoms with E-state index in [4.69, 9.17) is 17.3 Å². The standard InChI is InChI=1S/C14H11ClFN5O/c1-7-18-12(19-8-2-3-10(16)9(15)4-8)5-13-20-11(14(17)22)6-21(7)13/h2-6,19H,1H3,(H2,17,22). The molecule has 1 amide bonds. The third kappa shape index (κ3) is 2.58. The zero-order chi connectivity index (χ0) is 15.9. The number of halogens is 2. The van der Waals surface area contributed by atoms with Crippen LogP contribution in [0.25, 0.3) is 5.65 Å². The number of anilines is 2. The van der Waals surface area contributed by atoms with Crippen LogP contribution in [-0.2, 0) is 0 Å². The predicted molar refractivity (Wildman–Crippen MR) is 80.9 cm³/mol. The van der Waals surface area contributed by atoms with Crippen molar-refractivity contribution in [2.24, 2.45) is 5.73 Å². The number of fused-ring (bicyclic) bond motifs is 1. The number of hydrogen-bond donors (Lipinski definition) is 2. The maximum absolute atomic E-state index is 13.2. The fourth-order valence-electron chi connectivity index (χ4n) is 2.04. The SMILES string of the molecule is Cc1nc(Nc2ccc(F)c(Cl)c2)cc2nc(C(N)=O)cn12. The van der Waals surface area contributed by atoms with Gasteiger partial charge in [-0.3, -0.25) is 9.20 Å². The number of carbonyl (C=O) groups excluding carboxylic acids is 1. The van der Waals surface area contributed by atoms with Crippen LogP contribution in [0.2, 0.25) is 5.02 Å². The van der Waals surface area contributed by atoms with Crippen molar-refractivity contribution in [3.05, 3.63) is 52.8 Å². The molecule has 112 valence electrons. The highest BCUT2D eigenvalue weighted by Crippen LogP contribution is 2.23. The fourth-order valence-corrected chi connectivity index (χ4v) is 2.22. The van der Waals surface area contributed by atoms with Gasteiger partial charge in [0.1, 0.15) is 28.8 Å². The van der Waals surface area contributed by atoms with E-state index in [-0.39, 0.29) is 10.7 Å². The average molecular weight is 320 g/mol. The number of nitrogens with two attached hydrogens (primary N) is 1. The highest BCUT2D eigenvalue weighted by molar-refractivity contribution is 6.31. The second-order valence-corrected chi connectivity index (χ2v) is 5.07. The van der Waals surface area contributed by atoms with Crippen LogP contribution in [0.4, 0.5) is 15.9 Å². The van der Waals surface area contributed by atoms with Crippen molar-refractivity contribution in [2.45, 2.75) is 6.92 Å². The Hall–Kier alpha value is -2.67. The van der Waals surface area contributed by atoms with Crippen LogP contribution in [0.15, 0.2) is 30.5 Å². The number of aromatic nitrogens is 3. The zero-order valence-electron chi connectivity index (χ0n) is 11.5. The van der Waals surface area contributed by atoms with Crippen molar-refractivity contribution in [2.75, 3.05) is 5.32 Å². The summed E-state index contributed by atoms with van der Waals surface area (Å²) in [4.78, 5) is 19.7. The van der Waals surface area contributed by atoms with Gasteiger partial charge in [0.25, 0.3) is 5.91 Å². The van der Waals surface area contributed by atoms with E-state index in [1.807, 2.05) is 0 Å². The molecule has 0 fully saturated rings. The Morgan fingerprint density at radius 1 is 1.36 bits per heavy atom. The van der Waals surface area contributed by atoms with Crippen LogP contribution in [0.1, 0.15) is 16.3 Å². The molecule has 2 aromatic heterocycles. The number of primary amides is 1. The molecule has 2 heterocycles. The van der Waals surface area contributed by atoms with E-state index in [1.165, 1.54) is 18.3 Å². The molecule has 3 N–H and O–H groups in total. The summed E-state index contributed by atoms with van der Waals surface area (Å²) in [7, 11) is 0. The minimum absolute atomic E-state index is 0.0135. The highest BCUT2D eigenvalue weighted by Gasteiger charge is 2.10. The van der Waals surface area contributed by atoms with Gasteiger partial charge in [0.2, 0.25) is 0 Å². The average Bonchev–Trinajstić information content (AvgIpc) is 2.88. The van der Waals surface area contributed by atoms with Crippen molar-refractivity contribution >= 4 is 34.7 Å². The van der Waals surface area contributed by atoms with Crippen LogP contribution in [0.5, 0.6) is 0 Å². The minimum Gasteiger partial charge on any atom is -0.364 e. The van der Waals surface area contributed by atoms with Gasteiger partial charge in [-0.2, -0.15) is 0 Å². The summed E-state index contributed by atoms with van der Waals surface area (Å²) in [5.74, 6) is 0.0107. The molecule has 22 heavy (non-hydrogen) atoms. The van der Waals surface area contributed by atoms with Gasteiger partial charge in [-0.05, 0) is 25.1 Å². The molecule has 0 saturated carbocycles. The molecule has 0 spiro atoms. The number of aryl methyl sites for hydroxylation is 1. The monoisotopic (exact) mass is 319 g/mol. The molecule has 0 radical (unpaired) electrons. The number of rotatable bonds is 3. The van der Waals surface area contributed by atoms with Gasteiger partial charge < -0.3 is 11.1 Å². The first-order valence-electron chi connectivity index (χ1n) is 6.32. The molecule has 3 aromatic rings. The molecule has 0 saturated heterocycles. The third-order valence-corrected chi connectivity index (χ3v) is 3.36. The lowest BCUT2D eigenvalue weighted by Crippen LogP contribution is -2.10. The van der Waals surface area contributed by atoms with Gasteiger partial charge >= 0.3 is 0 Å². The van der Waals surface area contributed by atoms with Crippen LogP contribution < -0.4 is 11.1 Å². The normalized spacial score (nSPS) is 10.9. The van der Waals surface area contributed by atoms with Crippen molar-refractivity contribution in [3.63, 3.8) is 0 Å². The largest absolute Gasteiger partial charge is 0.364 e. The van der Waals surface area contributed by atoms with Crippen molar-refractivity contribution < 1.29 is 9.18 Å². The van der Waals surface area contributed by atoms with Crippen molar-refractivity contribution in [1.82, 2.24) is 14.4 Å². The lowest BCUT2D eigenvalue weighted by molar-refractivity contribution is 0.0996. The first-order chi connectivity index (χ1) is 10.4. The van der Waals surface area contributed by atoms with Crippen LogP contribution in [0, 0.1) is 12.7 Å². The number of benzene rings is 1. The molecule has 6 nitrogen and oxygen atoms in total. The Labute approximate surface area is 129 Å². The van der Waals surface area contributed by atoms with E-state index in [0.717, 1.165) is 0 Å². The Morgan fingerprint density at radius 3 is 2.82 bits per heavy atom. The maximum atomic E-state index is 13.2. The van der Waals surface area contributed by atoms with E-state index in [2.05, 4.69) is 15.3 Å². The molecule has 0 atom stereocenters. The van der Waals surface area contributed by atoms with Gasteiger partial charge in [-0.1, -0.05) is 11.6 Å². The van der Waals surface area contributed by atoms with Gasteiger partial charge in [-0.25, -0.2) is 14.4 Å². The number of carbonyl (C=O) groups is 1. The molecule has 0 bridgehead atoms. The fraction of sp³-hybridized carbons (Fsp3) is 0.0714. The lowest BCUT2D eigenvalue weighted by atomic mass is 10.3. The molecule has 3 rings (SSSR count). The number of nitrogens with zero attached hydrogens (tertiary/aromatic N) is 3. The van der Waals surface area contributed by atoms with Gasteiger partial charge in [-0.15, -0.1) is 0 Å². The van der Waals surface area contributed by atoms with Crippen LogP contribution >= 0.6 is 11.6 Å². The van der Waals surface area contributed by atoms with Gasteiger partial charge in [0.05, 0.1) is 5.02 Å². The molecule has 0 aliphatic carbocycles. The summed E-state index contributed by atoms with van der Waals surface area (Å²) in [5.41, 5.74) is 6.49. The summed E-state index contributed by atoms with van der Waals surface area (Å²) < 4.78 is 14.8. The first kappa shape index (κ1) is 14.3.